The first-order valence-corrected chi connectivity index (χ1v) is 10.3. The van der Waals surface area contributed by atoms with E-state index >= 15 is 0 Å². The second-order valence-corrected chi connectivity index (χ2v) is 7.63. The Labute approximate surface area is 173 Å². The van der Waals surface area contributed by atoms with Gasteiger partial charge in [-0.1, -0.05) is 24.3 Å². The van der Waals surface area contributed by atoms with Gasteiger partial charge in [0.05, 0.1) is 24.5 Å². The largest absolute Gasteiger partial charge is 0.378 e. The van der Waals surface area contributed by atoms with Gasteiger partial charge in [0.15, 0.2) is 0 Å². The number of ether oxygens (including phenoxy) is 1. The third kappa shape index (κ3) is 4.36. The number of aryl methyl sites for hydroxylation is 1. The number of carbonyl (C=O) groups excluding carboxylic acids is 2. The topological polar surface area (TPSA) is 71.5 Å². The van der Waals surface area contributed by atoms with Crippen LogP contribution in [0.4, 0.5) is 5.69 Å². The monoisotopic (exact) mass is 407 g/mol. The molecule has 1 aliphatic rings. The quantitative estimate of drug-likeness (QED) is 0.713. The predicted octanol–water partition coefficient (Wildman–Crippen LogP) is 3.84. The summed E-state index contributed by atoms with van der Waals surface area (Å²) in [6.45, 7) is 4.13. The first-order valence-electron chi connectivity index (χ1n) is 9.42. The smallest absolute Gasteiger partial charge is 0.256 e. The van der Waals surface area contributed by atoms with Crippen molar-refractivity contribution in [3.8, 4) is 10.6 Å². The van der Waals surface area contributed by atoms with E-state index in [1.807, 2.05) is 24.4 Å². The van der Waals surface area contributed by atoms with Crippen LogP contribution in [-0.4, -0.2) is 48.0 Å². The molecule has 1 aromatic heterocycles. The molecule has 1 saturated heterocycles. The van der Waals surface area contributed by atoms with Crippen LogP contribution in [0.25, 0.3) is 10.6 Å². The molecule has 148 valence electrons. The molecule has 0 aliphatic carbocycles. The highest BCUT2D eigenvalue weighted by Gasteiger charge is 2.21. The molecule has 0 bridgehead atoms. The molecular weight excluding hydrogens is 386 g/mol. The molecule has 0 radical (unpaired) electrons. The second-order valence-electron chi connectivity index (χ2n) is 6.78. The standard InChI is InChI=1S/C22H21N3O3S/c1-15-14-29-21(23-15)17-8-6-16(7-9-17)20(26)24-19-5-3-2-4-18(19)22(27)25-10-12-28-13-11-25/h2-9,14H,10-13H2,1H3,(H,24,26). The van der Waals surface area contributed by atoms with Crippen molar-refractivity contribution in [1.29, 1.82) is 0 Å². The number of para-hydroxylation sites is 1. The molecule has 4 rings (SSSR count). The first kappa shape index (κ1) is 19.3. The number of nitrogens with zero attached hydrogens (tertiary/aromatic N) is 2. The number of aromatic nitrogens is 1. The maximum atomic E-state index is 12.9. The Hall–Kier alpha value is -3.03. The molecule has 3 aromatic rings. The van der Waals surface area contributed by atoms with E-state index in [0.29, 0.717) is 43.1 Å². The zero-order chi connectivity index (χ0) is 20.2. The van der Waals surface area contributed by atoms with Crippen molar-refractivity contribution in [1.82, 2.24) is 9.88 Å². The number of carbonyl (C=O) groups is 2. The van der Waals surface area contributed by atoms with Gasteiger partial charge in [-0.25, -0.2) is 4.98 Å². The maximum Gasteiger partial charge on any atom is 0.256 e. The van der Waals surface area contributed by atoms with Crippen molar-refractivity contribution in [3.05, 3.63) is 70.7 Å². The van der Waals surface area contributed by atoms with E-state index in [9.17, 15) is 9.59 Å². The van der Waals surface area contributed by atoms with E-state index in [2.05, 4.69) is 10.3 Å². The molecule has 0 spiro atoms. The Morgan fingerprint density at radius 1 is 1.07 bits per heavy atom. The van der Waals surface area contributed by atoms with E-state index in [1.165, 1.54) is 0 Å². The van der Waals surface area contributed by atoms with Crippen molar-refractivity contribution in [2.24, 2.45) is 0 Å². The Morgan fingerprint density at radius 2 is 1.79 bits per heavy atom. The fourth-order valence-corrected chi connectivity index (χ4v) is 3.96. The lowest BCUT2D eigenvalue weighted by atomic mass is 10.1. The lowest BCUT2D eigenvalue weighted by molar-refractivity contribution is 0.0303. The average Bonchev–Trinajstić information content (AvgIpc) is 3.20. The lowest BCUT2D eigenvalue weighted by Crippen LogP contribution is -2.41. The van der Waals surface area contributed by atoms with Crippen molar-refractivity contribution in [3.63, 3.8) is 0 Å². The van der Waals surface area contributed by atoms with Gasteiger partial charge < -0.3 is 15.0 Å². The number of amides is 2. The number of rotatable bonds is 4. The average molecular weight is 407 g/mol. The van der Waals surface area contributed by atoms with Crippen LogP contribution in [-0.2, 0) is 4.74 Å². The molecule has 0 saturated carbocycles. The predicted molar refractivity (Wildman–Crippen MR) is 113 cm³/mol. The zero-order valence-electron chi connectivity index (χ0n) is 16.1. The van der Waals surface area contributed by atoms with Crippen LogP contribution in [0.15, 0.2) is 53.9 Å². The van der Waals surface area contributed by atoms with Crippen LogP contribution in [0, 0.1) is 6.92 Å². The molecule has 1 fully saturated rings. The summed E-state index contributed by atoms with van der Waals surface area (Å²) < 4.78 is 5.31. The second kappa shape index (κ2) is 8.55. The van der Waals surface area contributed by atoms with Crippen molar-refractivity contribution < 1.29 is 14.3 Å². The first-order chi connectivity index (χ1) is 14.1. The van der Waals surface area contributed by atoms with Gasteiger partial charge in [-0.3, -0.25) is 9.59 Å². The highest BCUT2D eigenvalue weighted by Crippen LogP contribution is 2.24. The van der Waals surface area contributed by atoms with Crippen LogP contribution in [0.5, 0.6) is 0 Å². The van der Waals surface area contributed by atoms with Crippen LogP contribution >= 0.6 is 11.3 Å². The highest BCUT2D eigenvalue weighted by molar-refractivity contribution is 7.13. The van der Waals surface area contributed by atoms with Gasteiger partial charge >= 0.3 is 0 Å². The molecule has 7 heteroatoms. The summed E-state index contributed by atoms with van der Waals surface area (Å²) in [4.78, 5) is 31.8. The van der Waals surface area contributed by atoms with Crippen LogP contribution < -0.4 is 5.32 Å². The van der Waals surface area contributed by atoms with Crippen molar-refractivity contribution in [2.75, 3.05) is 31.6 Å². The van der Waals surface area contributed by atoms with Gasteiger partial charge in [-0.2, -0.15) is 0 Å². The van der Waals surface area contributed by atoms with E-state index in [0.717, 1.165) is 16.3 Å². The third-order valence-electron chi connectivity index (χ3n) is 4.72. The van der Waals surface area contributed by atoms with Crippen molar-refractivity contribution in [2.45, 2.75) is 6.92 Å². The number of morpholine rings is 1. The SMILES string of the molecule is Cc1csc(-c2ccc(C(=O)Nc3ccccc3C(=O)N3CCOCC3)cc2)n1. The normalized spacial score (nSPS) is 13.9. The molecule has 29 heavy (non-hydrogen) atoms. The zero-order valence-corrected chi connectivity index (χ0v) is 16.9. The van der Waals surface area contributed by atoms with Gasteiger partial charge in [-0.05, 0) is 31.2 Å². The third-order valence-corrected chi connectivity index (χ3v) is 5.73. The fraction of sp³-hybridized carbons (Fsp3) is 0.227. The molecule has 1 aliphatic heterocycles. The Morgan fingerprint density at radius 3 is 2.48 bits per heavy atom. The molecule has 0 atom stereocenters. The summed E-state index contributed by atoms with van der Waals surface area (Å²) >= 11 is 1.58. The van der Waals surface area contributed by atoms with Crippen LogP contribution in [0.2, 0.25) is 0 Å². The lowest BCUT2D eigenvalue weighted by Gasteiger charge is -2.27. The number of nitrogens with one attached hydrogen (secondary N) is 1. The molecule has 2 heterocycles. The summed E-state index contributed by atoms with van der Waals surface area (Å²) in [5.74, 6) is -0.354. The van der Waals surface area contributed by atoms with E-state index in [-0.39, 0.29) is 11.8 Å². The summed E-state index contributed by atoms with van der Waals surface area (Å²) in [5, 5.41) is 5.80. The summed E-state index contributed by atoms with van der Waals surface area (Å²) in [5.41, 5.74) is 3.47. The van der Waals surface area contributed by atoms with Crippen molar-refractivity contribution >= 4 is 28.8 Å². The van der Waals surface area contributed by atoms with Gasteiger partial charge in [-0.15, -0.1) is 11.3 Å². The Kier molecular flexibility index (Phi) is 5.69. The maximum absolute atomic E-state index is 12.9. The number of hydrogen-bond acceptors (Lipinski definition) is 5. The highest BCUT2D eigenvalue weighted by atomic mass is 32.1. The summed E-state index contributed by atoms with van der Waals surface area (Å²) in [7, 11) is 0. The van der Waals surface area contributed by atoms with Gasteiger partial charge in [0.1, 0.15) is 5.01 Å². The molecule has 0 unspecified atom stereocenters. The van der Waals surface area contributed by atoms with Crippen LogP contribution in [0.3, 0.4) is 0 Å². The summed E-state index contributed by atoms with van der Waals surface area (Å²) in [6, 6.07) is 14.4. The van der Waals surface area contributed by atoms with E-state index in [4.69, 9.17) is 4.74 Å². The molecule has 6 nitrogen and oxygen atoms in total. The molecule has 2 amide bonds. The minimum atomic E-state index is -0.255. The Bertz CT molecular complexity index is 1020. The van der Waals surface area contributed by atoms with Gasteiger partial charge in [0.2, 0.25) is 0 Å². The molecule has 2 aromatic carbocycles. The minimum Gasteiger partial charge on any atom is -0.378 e. The molecule has 1 N–H and O–H groups in total. The van der Waals surface area contributed by atoms with E-state index in [1.54, 1.807) is 52.6 Å². The number of benzene rings is 2. The fourth-order valence-electron chi connectivity index (χ4n) is 3.16. The minimum absolute atomic E-state index is 0.0984. The van der Waals surface area contributed by atoms with E-state index < -0.39 is 0 Å². The number of hydrogen-bond donors (Lipinski definition) is 1. The summed E-state index contributed by atoms with van der Waals surface area (Å²) in [6.07, 6.45) is 0. The number of thiazole rings is 1. The number of anilines is 1. The van der Waals surface area contributed by atoms with Gasteiger partial charge in [0, 0.05) is 35.3 Å². The Balaban J connectivity index is 1.50. The van der Waals surface area contributed by atoms with Gasteiger partial charge in [0.25, 0.3) is 11.8 Å². The van der Waals surface area contributed by atoms with Crippen LogP contribution in [0.1, 0.15) is 26.4 Å². The molecular formula is C22H21N3O3S.